The summed E-state index contributed by atoms with van der Waals surface area (Å²) in [6.07, 6.45) is 3.93. The number of nitrogens with zero attached hydrogens (tertiary/aromatic N) is 2. The van der Waals surface area contributed by atoms with Gasteiger partial charge in [0.05, 0.1) is 25.4 Å². The minimum absolute atomic E-state index is 0.141. The molecule has 0 spiro atoms. The highest BCUT2D eigenvalue weighted by atomic mass is 16.5. The summed E-state index contributed by atoms with van der Waals surface area (Å²) in [5, 5.41) is 10.3. The van der Waals surface area contributed by atoms with E-state index >= 15 is 0 Å². The molecule has 18 heavy (non-hydrogen) atoms. The van der Waals surface area contributed by atoms with E-state index in [9.17, 15) is 9.90 Å². The molecule has 1 saturated heterocycles. The standard InChI is InChI=1S/C13H24N2O3/c1-14(11-13(17)4-2-3-5-13)10-12(16)15-6-8-18-9-7-15/h17H,2-11H2,1H3. The second-order valence-corrected chi connectivity index (χ2v) is 5.60. The molecule has 0 aromatic heterocycles. The van der Waals surface area contributed by atoms with E-state index < -0.39 is 5.60 Å². The summed E-state index contributed by atoms with van der Waals surface area (Å²) in [4.78, 5) is 15.8. The first-order valence-electron chi connectivity index (χ1n) is 6.86. The number of aliphatic hydroxyl groups is 1. The molecule has 0 aromatic carbocycles. The number of hydrogen-bond acceptors (Lipinski definition) is 4. The van der Waals surface area contributed by atoms with E-state index in [2.05, 4.69) is 0 Å². The Bertz CT molecular complexity index is 284. The second kappa shape index (κ2) is 5.99. The molecule has 2 aliphatic rings. The maximum absolute atomic E-state index is 12.0. The number of amides is 1. The fourth-order valence-electron chi connectivity index (χ4n) is 2.89. The van der Waals surface area contributed by atoms with Gasteiger partial charge in [0.15, 0.2) is 0 Å². The highest BCUT2D eigenvalue weighted by molar-refractivity contribution is 5.78. The number of ether oxygens (including phenoxy) is 1. The van der Waals surface area contributed by atoms with Crippen LogP contribution in [0.15, 0.2) is 0 Å². The zero-order valence-corrected chi connectivity index (χ0v) is 11.2. The minimum atomic E-state index is -0.569. The van der Waals surface area contributed by atoms with Crippen molar-refractivity contribution in [1.29, 1.82) is 0 Å². The summed E-state index contributed by atoms with van der Waals surface area (Å²) in [7, 11) is 1.91. The van der Waals surface area contributed by atoms with Gasteiger partial charge in [-0.1, -0.05) is 12.8 Å². The van der Waals surface area contributed by atoms with Crippen LogP contribution < -0.4 is 0 Å². The monoisotopic (exact) mass is 256 g/mol. The number of likely N-dealkylation sites (N-methyl/N-ethyl adjacent to an activating group) is 1. The van der Waals surface area contributed by atoms with E-state index in [0.29, 0.717) is 39.4 Å². The van der Waals surface area contributed by atoms with Gasteiger partial charge in [-0.3, -0.25) is 9.69 Å². The van der Waals surface area contributed by atoms with Gasteiger partial charge >= 0.3 is 0 Å². The van der Waals surface area contributed by atoms with Crippen LogP contribution in [-0.4, -0.2) is 72.9 Å². The fourth-order valence-corrected chi connectivity index (χ4v) is 2.89. The van der Waals surface area contributed by atoms with Crippen LogP contribution in [0, 0.1) is 0 Å². The maximum Gasteiger partial charge on any atom is 0.236 e. The third kappa shape index (κ3) is 3.67. The molecule has 0 radical (unpaired) electrons. The smallest absolute Gasteiger partial charge is 0.236 e. The molecule has 2 rings (SSSR count). The molecule has 0 bridgehead atoms. The molecule has 1 heterocycles. The van der Waals surface area contributed by atoms with Crippen molar-refractivity contribution in [3.63, 3.8) is 0 Å². The van der Waals surface area contributed by atoms with Crippen molar-refractivity contribution in [1.82, 2.24) is 9.80 Å². The van der Waals surface area contributed by atoms with Crippen molar-refractivity contribution in [3.05, 3.63) is 0 Å². The summed E-state index contributed by atoms with van der Waals surface area (Å²) < 4.78 is 5.23. The summed E-state index contributed by atoms with van der Waals surface area (Å²) in [5.74, 6) is 0.141. The van der Waals surface area contributed by atoms with E-state index in [1.807, 2.05) is 16.8 Å². The zero-order valence-electron chi connectivity index (χ0n) is 11.2. The van der Waals surface area contributed by atoms with Gasteiger partial charge in [-0.05, 0) is 19.9 Å². The van der Waals surface area contributed by atoms with Crippen LogP contribution in [0.5, 0.6) is 0 Å². The Hall–Kier alpha value is -0.650. The van der Waals surface area contributed by atoms with Gasteiger partial charge in [-0.25, -0.2) is 0 Å². The topological polar surface area (TPSA) is 53.0 Å². The maximum atomic E-state index is 12.0. The average molecular weight is 256 g/mol. The fraction of sp³-hybridized carbons (Fsp3) is 0.923. The molecule has 104 valence electrons. The van der Waals surface area contributed by atoms with Crippen molar-refractivity contribution in [2.24, 2.45) is 0 Å². The molecule has 0 aromatic rings. The number of carbonyl (C=O) groups is 1. The first-order chi connectivity index (χ1) is 8.59. The van der Waals surface area contributed by atoms with Crippen LogP contribution in [0.1, 0.15) is 25.7 Å². The Morgan fingerprint density at radius 3 is 2.56 bits per heavy atom. The Kier molecular flexibility index (Phi) is 4.59. The van der Waals surface area contributed by atoms with Crippen LogP contribution in [0.4, 0.5) is 0 Å². The zero-order chi connectivity index (χ0) is 13.0. The predicted octanol–water partition coefficient (Wildman–Crippen LogP) is 0.0821. The largest absolute Gasteiger partial charge is 0.389 e. The number of morpholine rings is 1. The molecule has 0 atom stereocenters. The lowest BCUT2D eigenvalue weighted by Crippen LogP contribution is -2.47. The highest BCUT2D eigenvalue weighted by Gasteiger charge is 2.32. The van der Waals surface area contributed by atoms with Crippen LogP contribution in [0.25, 0.3) is 0 Å². The molecular weight excluding hydrogens is 232 g/mol. The first kappa shape index (κ1) is 13.8. The van der Waals surface area contributed by atoms with E-state index in [1.54, 1.807) is 0 Å². The summed E-state index contributed by atoms with van der Waals surface area (Å²) in [6.45, 7) is 3.65. The second-order valence-electron chi connectivity index (χ2n) is 5.60. The van der Waals surface area contributed by atoms with Crippen LogP contribution >= 0.6 is 0 Å². The third-order valence-corrected chi connectivity index (χ3v) is 3.87. The normalized spacial score (nSPS) is 23.6. The highest BCUT2D eigenvalue weighted by Crippen LogP contribution is 2.29. The van der Waals surface area contributed by atoms with Gasteiger partial charge in [0.25, 0.3) is 0 Å². The molecule has 5 heteroatoms. The molecule has 0 unspecified atom stereocenters. The van der Waals surface area contributed by atoms with E-state index in [-0.39, 0.29) is 5.91 Å². The lowest BCUT2D eigenvalue weighted by atomic mass is 10.0. The molecule has 5 nitrogen and oxygen atoms in total. The molecular formula is C13H24N2O3. The van der Waals surface area contributed by atoms with Crippen molar-refractivity contribution >= 4 is 5.91 Å². The van der Waals surface area contributed by atoms with Gasteiger partial charge in [0, 0.05) is 19.6 Å². The van der Waals surface area contributed by atoms with Crippen molar-refractivity contribution < 1.29 is 14.6 Å². The Morgan fingerprint density at radius 1 is 1.33 bits per heavy atom. The molecule has 1 aliphatic heterocycles. The van der Waals surface area contributed by atoms with Gasteiger partial charge in [0.2, 0.25) is 5.91 Å². The van der Waals surface area contributed by atoms with Gasteiger partial charge in [-0.2, -0.15) is 0 Å². The third-order valence-electron chi connectivity index (χ3n) is 3.87. The van der Waals surface area contributed by atoms with Crippen molar-refractivity contribution in [2.45, 2.75) is 31.3 Å². The first-order valence-corrected chi connectivity index (χ1v) is 6.86. The lowest BCUT2D eigenvalue weighted by molar-refractivity contribution is -0.136. The van der Waals surface area contributed by atoms with Crippen LogP contribution in [-0.2, 0) is 9.53 Å². The number of carbonyl (C=O) groups excluding carboxylic acids is 1. The van der Waals surface area contributed by atoms with Crippen LogP contribution in [0.3, 0.4) is 0 Å². The Labute approximate surface area is 109 Å². The van der Waals surface area contributed by atoms with E-state index in [4.69, 9.17) is 4.74 Å². The van der Waals surface area contributed by atoms with Crippen molar-refractivity contribution in [3.8, 4) is 0 Å². The Morgan fingerprint density at radius 2 is 1.94 bits per heavy atom. The van der Waals surface area contributed by atoms with E-state index in [1.165, 1.54) is 0 Å². The number of rotatable bonds is 4. The van der Waals surface area contributed by atoms with Gasteiger partial charge in [-0.15, -0.1) is 0 Å². The lowest BCUT2D eigenvalue weighted by Gasteiger charge is -2.31. The average Bonchev–Trinajstić information content (AvgIpc) is 2.76. The quantitative estimate of drug-likeness (QED) is 0.774. The predicted molar refractivity (Wildman–Crippen MR) is 68.3 cm³/mol. The molecule has 1 aliphatic carbocycles. The van der Waals surface area contributed by atoms with Crippen LogP contribution in [0.2, 0.25) is 0 Å². The molecule has 1 saturated carbocycles. The molecule has 1 N–H and O–H groups in total. The van der Waals surface area contributed by atoms with Crippen molar-refractivity contribution in [2.75, 3.05) is 46.4 Å². The SMILES string of the molecule is CN(CC(=O)N1CCOCC1)CC1(O)CCCC1. The molecule has 2 fully saturated rings. The van der Waals surface area contributed by atoms with Gasteiger partial charge < -0.3 is 14.7 Å². The van der Waals surface area contributed by atoms with E-state index in [0.717, 1.165) is 25.7 Å². The summed E-state index contributed by atoms with van der Waals surface area (Å²) in [6, 6.07) is 0. The Balaban J connectivity index is 1.75. The summed E-state index contributed by atoms with van der Waals surface area (Å²) in [5.41, 5.74) is -0.569. The minimum Gasteiger partial charge on any atom is -0.389 e. The van der Waals surface area contributed by atoms with Gasteiger partial charge in [0.1, 0.15) is 0 Å². The summed E-state index contributed by atoms with van der Waals surface area (Å²) >= 11 is 0. The molecule has 1 amide bonds. The number of hydrogen-bond donors (Lipinski definition) is 1.